The smallest absolute Gasteiger partial charge is 0.305 e. The van der Waals surface area contributed by atoms with Crippen molar-refractivity contribution in [3.8, 4) is 0 Å². The lowest BCUT2D eigenvalue weighted by Gasteiger charge is -2.19. The number of likely N-dealkylation sites (tertiary alicyclic amines) is 1. The maximum Gasteiger partial charge on any atom is 0.305 e. The van der Waals surface area contributed by atoms with Crippen molar-refractivity contribution in [2.24, 2.45) is 0 Å². The summed E-state index contributed by atoms with van der Waals surface area (Å²) in [6.07, 6.45) is 4.81. The Hall–Kier alpha value is -1.76. The summed E-state index contributed by atoms with van der Waals surface area (Å²) in [4.78, 5) is 20.0. The van der Waals surface area contributed by atoms with E-state index in [0.717, 1.165) is 19.5 Å². The highest BCUT2D eigenvalue weighted by molar-refractivity contribution is 5.30. The molecule has 0 saturated carbocycles. The number of rotatable bonds is 4. The second-order valence-corrected chi connectivity index (χ2v) is 4.18. The second-order valence-electron chi connectivity index (χ2n) is 4.18. The second kappa shape index (κ2) is 5.05. The predicted octanol–water partition coefficient (Wildman–Crippen LogP) is 0.891. The minimum atomic E-state index is -0.505. The summed E-state index contributed by atoms with van der Waals surface area (Å²) in [6, 6.07) is 0.494. The van der Waals surface area contributed by atoms with Crippen molar-refractivity contribution in [2.75, 3.05) is 25.5 Å². The van der Waals surface area contributed by atoms with Gasteiger partial charge in [0.15, 0.2) is 0 Å². The Kier molecular flexibility index (Phi) is 3.48. The van der Waals surface area contributed by atoms with Crippen LogP contribution in [0.1, 0.15) is 12.8 Å². The first kappa shape index (κ1) is 11.7. The SMILES string of the molecule is CN1CCCC1CNc1ncc([N+](=O)[O-])cn1. The molecule has 1 unspecified atom stereocenters. The first-order chi connectivity index (χ1) is 8.16. The van der Waals surface area contributed by atoms with Gasteiger partial charge in [-0.3, -0.25) is 10.1 Å². The minimum absolute atomic E-state index is 0.0893. The zero-order valence-corrected chi connectivity index (χ0v) is 9.67. The van der Waals surface area contributed by atoms with Gasteiger partial charge in [-0.25, -0.2) is 9.97 Å². The lowest BCUT2D eigenvalue weighted by molar-refractivity contribution is -0.385. The summed E-state index contributed by atoms with van der Waals surface area (Å²) in [7, 11) is 2.09. The molecule has 1 fully saturated rings. The molecule has 0 aromatic carbocycles. The quantitative estimate of drug-likeness (QED) is 0.618. The van der Waals surface area contributed by atoms with Crippen LogP contribution in [0.25, 0.3) is 0 Å². The number of anilines is 1. The highest BCUT2D eigenvalue weighted by Gasteiger charge is 2.20. The molecule has 1 aromatic rings. The summed E-state index contributed by atoms with van der Waals surface area (Å²) in [5.74, 6) is 0.441. The summed E-state index contributed by atoms with van der Waals surface area (Å²) in [5, 5.41) is 13.5. The van der Waals surface area contributed by atoms with Gasteiger partial charge in [-0.05, 0) is 26.4 Å². The average Bonchev–Trinajstić information content (AvgIpc) is 2.73. The Balaban J connectivity index is 1.88. The highest BCUT2D eigenvalue weighted by atomic mass is 16.6. The van der Waals surface area contributed by atoms with Crippen LogP contribution in [0.15, 0.2) is 12.4 Å². The molecule has 7 heteroatoms. The normalized spacial score (nSPS) is 20.4. The molecule has 1 atom stereocenters. The van der Waals surface area contributed by atoms with Crippen LogP contribution in [0, 0.1) is 10.1 Å². The van der Waals surface area contributed by atoms with Crippen molar-refractivity contribution >= 4 is 11.6 Å². The first-order valence-electron chi connectivity index (χ1n) is 5.57. The molecule has 2 heterocycles. The topological polar surface area (TPSA) is 84.2 Å². The summed E-state index contributed by atoms with van der Waals surface area (Å²) in [5.41, 5.74) is -0.0893. The monoisotopic (exact) mass is 237 g/mol. The molecule has 0 spiro atoms. The van der Waals surface area contributed by atoms with Crippen LogP contribution < -0.4 is 5.32 Å². The van der Waals surface area contributed by atoms with Gasteiger partial charge in [0.2, 0.25) is 5.95 Å². The summed E-state index contributed by atoms with van der Waals surface area (Å²) < 4.78 is 0. The third kappa shape index (κ3) is 2.88. The standard InChI is InChI=1S/C10H15N5O2/c1-14-4-2-3-8(14)5-11-10-12-6-9(7-13-10)15(16)17/h6-8H,2-5H2,1H3,(H,11,12,13). The molecule has 1 N–H and O–H groups in total. The summed E-state index contributed by atoms with van der Waals surface area (Å²) >= 11 is 0. The van der Waals surface area contributed by atoms with Crippen LogP contribution in [-0.2, 0) is 0 Å². The summed E-state index contributed by atoms with van der Waals surface area (Å²) in [6.45, 7) is 1.89. The Labute approximate surface area is 99.0 Å². The number of nitrogens with one attached hydrogen (secondary N) is 1. The van der Waals surface area contributed by atoms with Crippen molar-refractivity contribution in [2.45, 2.75) is 18.9 Å². The van der Waals surface area contributed by atoms with E-state index in [2.05, 4.69) is 27.2 Å². The molecular weight excluding hydrogens is 222 g/mol. The van der Waals surface area contributed by atoms with Crippen LogP contribution in [0.4, 0.5) is 11.6 Å². The van der Waals surface area contributed by atoms with Gasteiger partial charge in [-0.1, -0.05) is 0 Å². The van der Waals surface area contributed by atoms with Crippen LogP contribution in [-0.4, -0.2) is 46.0 Å². The Morgan fingerprint density at radius 2 is 2.29 bits per heavy atom. The fourth-order valence-electron chi connectivity index (χ4n) is 1.95. The number of hydrogen-bond donors (Lipinski definition) is 1. The van der Waals surface area contributed by atoms with Gasteiger partial charge in [0.05, 0.1) is 4.92 Å². The Morgan fingerprint density at radius 3 is 2.82 bits per heavy atom. The molecule has 0 aliphatic carbocycles. The number of hydrogen-bond acceptors (Lipinski definition) is 6. The molecule has 0 amide bonds. The first-order valence-corrected chi connectivity index (χ1v) is 5.57. The van der Waals surface area contributed by atoms with E-state index in [-0.39, 0.29) is 5.69 Å². The van der Waals surface area contributed by atoms with Crippen molar-refractivity contribution in [1.29, 1.82) is 0 Å². The van der Waals surface area contributed by atoms with Crippen LogP contribution in [0.3, 0.4) is 0 Å². The molecule has 17 heavy (non-hydrogen) atoms. The molecular formula is C10H15N5O2. The van der Waals surface area contributed by atoms with Crippen molar-refractivity contribution < 1.29 is 4.92 Å². The zero-order chi connectivity index (χ0) is 12.3. The molecule has 92 valence electrons. The van der Waals surface area contributed by atoms with Crippen molar-refractivity contribution in [3.63, 3.8) is 0 Å². The van der Waals surface area contributed by atoms with E-state index in [0.29, 0.717) is 12.0 Å². The number of nitrogens with zero attached hydrogens (tertiary/aromatic N) is 4. The van der Waals surface area contributed by atoms with E-state index < -0.39 is 4.92 Å². The maximum absolute atomic E-state index is 10.4. The molecule has 2 rings (SSSR count). The lowest BCUT2D eigenvalue weighted by Crippen LogP contribution is -2.31. The van der Waals surface area contributed by atoms with E-state index in [1.807, 2.05) is 0 Å². The number of likely N-dealkylation sites (N-methyl/N-ethyl adjacent to an activating group) is 1. The molecule has 0 bridgehead atoms. The zero-order valence-electron chi connectivity index (χ0n) is 9.67. The van der Waals surface area contributed by atoms with Crippen LogP contribution in [0.2, 0.25) is 0 Å². The number of aromatic nitrogens is 2. The third-order valence-electron chi connectivity index (χ3n) is 3.02. The molecule has 7 nitrogen and oxygen atoms in total. The minimum Gasteiger partial charge on any atom is -0.353 e. The average molecular weight is 237 g/mol. The fraction of sp³-hybridized carbons (Fsp3) is 0.600. The van der Waals surface area contributed by atoms with Gasteiger partial charge in [0.1, 0.15) is 12.4 Å². The highest BCUT2D eigenvalue weighted by Crippen LogP contribution is 2.15. The molecule has 1 aromatic heterocycles. The molecule has 1 aliphatic heterocycles. The molecule has 0 radical (unpaired) electrons. The molecule has 1 aliphatic rings. The van der Waals surface area contributed by atoms with Gasteiger partial charge in [0.25, 0.3) is 0 Å². The van der Waals surface area contributed by atoms with Gasteiger partial charge < -0.3 is 10.2 Å². The lowest BCUT2D eigenvalue weighted by atomic mass is 10.2. The van der Waals surface area contributed by atoms with Gasteiger partial charge in [0, 0.05) is 12.6 Å². The molecule has 1 saturated heterocycles. The third-order valence-corrected chi connectivity index (χ3v) is 3.02. The van der Waals surface area contributed by atoms with Crippen LogP contribution >= 0.6 is 0 Å². The largest absolute Gasteiger partial charge is 0.353 e. The van der Waals surface area contributed by atoms with Crippen molar-refractivity contribution in [3.05, 3.63) is 22.5 Å². The van der Waals surface area contributed by atoms with E-state index >= 15 is 0 Å². The Morgan fingerprint density at radius 1 is 1.59 bits per heavy atom. The van der Waals surface area contributed by atoms with Gasteiger partial charge in [-0.15, -0.1) is 0 Å². The maximum atomic E-state index is 10.4. The van der Waals surface area contributed by atoms with E-state index in [1.165, 1.54) is 18.8 Å². The Bertz CT molecular complexity index is 394. The van der Waals surface area contributed by atoms with Crippen molar-refractivity contribution in [1.82, 2.24) is 14.9 Å². The number of nitro groups is 1. The van der Waals surface area contributed by atoms with Gasteiger partial charge >= 0.3 is 5.69 Å². The van der Waals surface area contributed by atoms with Gasteiger partial charge in [-0.2, -0.15) is 0 Å². The predicted molar refractivity (Wildman–Crippen MR) is 62.8 cm³/mol. The van der Waals surface area contributed by atoms with E-state index in [1.54, 1.807) is 0 Å². The van der Waals surface area contributed by atoms with E-state index in [9.17, 15) is 10.1 Å². The van der Waals surface area contributed by atoms with E-state index in [4.69, 9.17) is 0 Å². The fourth-order valence-corrected chi connectivity index (χ4v) is 1.95. The van der Waals surface area contributed by atoms with Crippen LogP contribution in [0.5, 0.6) is 0 Å².